The number of fused-ring (bicyclic) bond motifs is 1. The van der Waals surface area contributed by atoms with Crippen LogP contribution in [0.25, 0.3) is 0 Å². The first-order valence-corrected chi connectivity index (χ1v) is 10.9. The van der Waals surface area contributed by atoms with E-state index in [9.17, 15) is 4.79 Å². The quantitative estimate of drug-likeness (QED) is 0.767. The summed E-state index contributed by atoms with van der Waals surface area (Å²) in [5.74, 6) is 1.57. The van der Waals surface area contributed by atoms with Crippen LogP contribution in [0.3, 0.4) is 0 Å². The molecule has 1 fully saturated rings. The largest absolute Gasteiger partial charge is 0.493 e. The first-order valence-electron chi connectivity index (χ1n) is 10.9. The third-order valence-corrected chi connectivity index (χ3v) is 6.18. The van der Waals surface area contributed by atoms with Crippen molar-refractivity contribution in [2.45, 2.75) is 32.2 Å². The van der Waals surface area contributed by atoms with E-state index in [0.29, 0.717) is 6.54 Å². The highest BCUT2D eigenvalue weighted by Gasteiger charge is 2.24. The van der Waals surface area contributed by atoms with Crippen LogP contribution in [-0.4, -0.2) is 46.3 Å². The fraction of sp³-hybridized carbons (Fsp3) is 0.458. The summed E-state index contributed by atoms with van der Waals surface area (Å²) in [5.41, 5.74) is 4.62. The number of piperidine rings is 1. The molecular weight excluding hydrogens is 378 g/mol. The number of amides is 1. The number of methoxy groups -OCH3 is 2. The van der Waals surface area contributed by atoms with Gasteiger partial charge >= 0.3 is 0 Å². The van der Waals surface area contributed by atoms with E-state index in [1.165, 1.54) is 41.0 Å². The molecule has 2 aliphatic rings. The third kappa shape index (κ3) is 4.70. The minimum Gasteiger partial charge on any atom is -0.493 e. The van der Waals surface area contributed by atoms with Gasteiger partial charge < -0.3 is 24.6 Å². The fourth-order valence-corrected chi connectivity index (χ4v) is 4.52. The van der Waals surface area contributed by atoms with Crippen molar-refractivity contribution < 1.29 is 19.2 Å². The van der Waals surface area contributed by atoms with Gasteiger partial charge in [-0.3, -0.25) is 4.79 Å². The van der Waals surface area contributed by atoms with Crippen LogP contribution >= 0.6 is 0 Å². The van der Waals surface area contributed by atoms with Crippen LogP contribution in [0.4, 0.5) is 11.4 Å². The molecule has 2 aromatic carbocycles. The van der Waals surface area contributed by atoms with Gasteiger partial charge in [0.25, 0.3) is 5.91 Å². The Morgan fingerprint density at radius 2 is 1.67 bits per heavy atom. The van der Waals surface area contributed by atoms with E-state index in [1.54, 1.807) is 14.2 Å². The van der Waals surface area contributed by atoms with Crippen LogP contribution < -0.4 is 24.6 Å². The highest BCUT2D eigenvalue weighted by Crippen LogP contribution is 2.31. The maximum Gasteiger partial charge on any atom is 0.279 e. The Hall–Kier alpha value is -2.73. The second kappa shape index (κ2) is 9.39. The number of hydrogen-bond acceptors (Lipinski definition) is 4. The molecule has 160 valence electrons. The Balaban J connectivity index is 1.33. The third-order valence-electron chi connectivity index (χ3n) is 6.18. The van der Waals surface area contributed by atoms with Crippen molar-refractivity contribution in [3.05, 3.63) is 47.5 Å². The van der Waals surface area contributed by atoms with E-state index < -0.39 is 0 Å². The zero-order chi connectivity index (χ0) is 20.9. The lowest BCUT2D eigenvalue weighted by Crippen LogP contribution is -3.12. The van der Waals surface area contributed by atoms with Gasteiger partial charge in [-0.2, -0.15) is 0 Å². The lowest BCUT2D eigenvalue weighted by Gasteiger charge is -2.29. The highest BCUT2D eigenvalue weighted by molar-refractivity contribution is 5.91. The SMILES string of the molecule is COc1cc2c(cc1OC)C[NH+](CC(=O)Nc1ccc(N3CCCCC3)cc1)CC2. The van der Waals surface area contributed by atoms with E-state index in [-0.39, 0.29) is 5.91 Å². The number of nitrogens with one attached hydrogen (secondary N) is 2. The van der Waals surface area contributed by atoms with Gasteiger partial charge in [0, 0.05) is 36.4 Å². The van der Waals surface area contributed by atoms with Gasteiger partial charge in [0.1, 0.15) is 6.54 Å². The molecule has 6 nitrogen and oxygen atoms in total. The smallest absolute Gasteiger partial charge is 0.279 e. The first kappa shape index (κ1) is 20.5. The van der Waals surface area contributed by atoms with E-state index in [2.05, 4.69) is 28.4 Å². The predicted octanol–water partition coefficient (Wildman–Crippen LogP) is 2.27. The number of quaternary nitrogens is 1. The maximum atomic E-state index is 12.6. The minimum atomic E-state index is 0.0552. The summed E-state index contributed by atoms with van der Waals surface area (Å²) in [6, 6.07) is 12.4. The molecule has 30 heavy (non-hydrogen) atoms. The van der Waals surface area contributed by atoms with Crippen LogP contribution in [-0.2, 0) is 17.8 Å². The van der Waals surface area contributed by atoms with Crippen LogP contribution in [0.5, 0.6) is 11.5 Å². The molecule has 2 aliphatic heterocycles. The molecule has 4 rings (SSSR count). The van der Waals surface area contributed by atoms with Gasteiger partial charge in [0.15, 0.2) is 18.0 Å². The van der Waals surface area contributed by atoms with Crippen LogP contribution in [0.15, 0.2) is 36.4 Å². The molecule has 0 radical (unpaired) electrons. The summed E-state index contributed by atoms with van der Waals surface area (Å²) >= 11 is 0. The molecule has 0 saturated carbocycles. The Labute approximate surface area is 178 Å². The average molecular weight is 411 g/mol. The molecule has 0 bridgehead atoms. The average Bonchev–Trinajstić information content (AvgIpc) is 2.79. The van der Waals surface area contributed by atoms with Gasteiger partial charge in [-0.25, -0.2) is 0 Å². The molecule has 2 N–H and O–H groups in total. The van der Waals surface area contributed by atoms with Crippen molar-refractivity contribution in [3.63, 3.8) is 0 Å². The zero-order valence-corrected chi connectivity index (χ0v) is 18.0. The fourth-order valence-electron chi connectivity index (χ4n) is 4.52. The standard InChI is InChI=1S/C24H31N3O3/c1-29-22-14-18-10-13-26(16-19(18)15-23(22)30-2)17-24(28)25-20-6-8-21(9-7-20)27-11-4-3-5-12-27/h6-9,14-15H,3-5,10-13,16-17H2,1-2H3,(H,25,28)/p+1. The van der Waals surface area contributed by atoms with Crippen LogP contribution in [0.2, 0.25) is 0 Å². The highest BCUT2D eigenvalue weighted by atomic mass is 16.5. The second-order valence-corrected chi connectivity index (χ2v) is 8.22. The van der Waals surface area contributed by atoms with Gasteiger partial charge in [-0.1, -0.05) is 0 Å². The Kier molecular flexibility index (Phi) is 6.43. The predicted molar refractivity (Wildman–Crippen MR) is 119 cm³/mol. The van der Waals surface area contributed by atoms with Gasteiger partial charge in [-0.05, 0) is 61.2 Å². The molecule has 1 saturated heterocycles. The lowest BCUT2D eigenvalue weighted by atomic mass is 9.99. The number of carbonyl (C=O) groups is 1. The number of carbonyl (C=O) groups excluding carboxylic acids is 1. The molecule has 1 unspecified atom stereocenters. The maximum absolute atomic E-state index is 12.6. The van der Waals surface area contributed by atoms with Crippen molar-refractivity contribution in [1.29, 1.82) is 0 Å². The molecule has 0 spiro atoms. The number of benzene rings is 2. The van der Waals surface area contributed by atoms with Gasteiger partial charge in [0.2, 0.25) is 0 Å². The normalized spacial score (nSPS) is 18.5. The molecule has 6 heteroatoms. The van der Waals surface area contributed by atoms with Crippen molar-refractivity contribution >= 4 is 17.3 Å². The van der Waals surface area contributed by atoms with E-state index in [4.69, 9.17) is 9.47 Å². The van der Waals surface area contributed by atoms with Gasteiger partial charge in [-0.15, -0.1) is 0 Å². The Bertz CT molecular complexity index is 876. The molecule has 0 aromatic heterocycles. The summed E-state index contributed by atoms with van der Waals surface area (Å²) in [5, 5.41) is 3.06. The molecular formula is C24H32N3O3+. The summed E-state index contributed by atoms with van der Waals surface area (Å²) < 4.78 is 10.8. The molecule has 0 aliphatic carbocycles. The monoisotopic (exact) mass is 410 g/mol. The zero-order valence-electron chi connectivity index (χ0n) is 18.0. The number of anilines is 2. The van der Waals surface area contributed by atoms with Crippen LogP contribution in [0.1, 0.15) is 30.4 Å². The van der Waals surface area contributed by atoms with E-state index in [1.807, 2.05) is 18.2 Å². The topological polar surface area (TPSA) is 55.2 Å². The van der Waals surface area contributed by atoms with Crippen LogP contribution in [0, 0.1) is 0 Å². The minimum absolute atomic E-state index is 0.0552. The number of ether oxygens (including phenoxy) is 2. The van der Waals surface area contributed by atoms with Gasteiger partial charge in [0.05, 0.1) is 20.8 Å². The van der Waals surface area contributed by atoms with E-state index in [0.717, 1.165) is 49.8 Å². The van der Waals surface area contributed by atoms with E-state index >= 15 is 0 Å². The lowest BCUT2D eigenvalue weighted by molar-refractivity contribution is -0.907. The first-order chi connectivity index (χ1) is 14.7. The summed E-state index contributed by atoms with van der Waals surface area (Å²) in [6.07, 6.45) is 4.79. The van der Waals surface area contributed by atoms with Crippen molar-refractivity contribution in [2.75, 3.05) is 50.6 Å². The molecule has 1 amide bonds. The van der Waals surface area contributed by atoms with Crippen molar-refractivity contribution in [3.8, 4) is 11.5 Å². The Morgan fingerprint density at radius 1 is 1.00 bits per heavy atom. The molecule has 1 atom stereocenters. The summed E-state index contributed by atoms with van der Waals surface area (Å²) in [6.45, 7) is 4.47. The molecule has 2 aromatic rings. The number of rotatable bonds is 6. The van der Waals surface area contributed by atoms with Crippen molar-refractivity contribution in [2.24, 2.45) is 0 Å². The second-order valence-electron chi connectivity index (χ2n) is 8.22. The number of hydrogen-bond donors (Lipinski definition) is 2. The Morgan fingerprint density at radius 3 is 2.33 bits per heavy atom. The number of nitrogens with zero attached hydrogens (tertiary/aromatic N) is 1. The molecule has 2 heterocycles. The summed E-state index contributed by atoms with van der Waals surface area (Å²) in [7, 11) is 3.32. The van der Waals surface area contributed by atoms with Crippen molar-refractivity contribution in [1.82, 2.24) is 0 Å². The summed E-state index contributed by atoms with van der Waals surface area (Å²) in [4.78, 5) is 16.3.